The molecule has 1 amide bonds. The zero-order chi connectivity index (χ0) is 18.3. The number of nitrogens with one attached hydrogen (secondary N) is 3. The van der Waals surface area contributed by atoms with Crippen LogP contribution in [0, 0.1) is 5.41 Å². The molecule has 1 fully saturated rings. The minimum absolute atomic E-state index is 0. The second kappa shape index (κ2) is 9.89. The fraction of sp³-hybridized carbons (Fsp3) is 0.667. The lowest BCUT2D eigenvalue weighted by molar-refractivity contribution is -0.141. The Morgan fingerprint density at radius 3 is 2.65 bits per heavy atom. The van der Waals surface area contributed by atoms with E-state index in [1.165, 1.54) is 0 Å². The highest BCUT2D eigenvalue weighted by atomic mass is 35.5. The molecule has 0 radical (unpaired) electrons. The van der Waals surface area contributed by atoms with Crippen molar-refractivity contribution in [2.24, 2.45) is 5.41 Å². The minimum Gasteiger partial charge on any atom is -0.384 e. The lowest BCUT2D eigenvalue weighted by atomic mass is 9.78. The first-order valence-corrected chi connectivity index (χ1v) is 7.99. The SMILES string of the molecule is COCC1(C(=O)NCCNc2nccc(C(F)(F)F)n2)CCNCC1.Cl. The number of nitrogens with zero attached hydrogens (tertiary/aromatic N) is 2. The van der Waals surface area contributed by atoms with E-state index in [9.17, 15) is 18.0 Å². The molecular weight excluding hydrogens is 375 g/mol. The van der Waals surface area contributed by atoms with Gasteiger partial charge in [0.2, 0.25) is 11.9 Å². The van der Waals surface area contributed by atoms with E-state index < -0.39 is 17.3 Å². The molecule has 0 spiro atoms. The highest BCUT2D eigenvalue weighted by Crippen LogP contribution is 2.29. The van der Waals surface area contributed by atoms with Gasteiger partial charge in [-0.05, 0) is 32.0 Å². The Bertz CT molecular complexity index is 577. The van der Waals surface area contributed by atoms with Gasteiger partial charge in [-0.15, -0.1) is 12.4 Å². The van der Waals surface area contributed by atoms with Gasteiger partial charge in [0.25, 0.3) is 0 Å². The third kappa shape index (κ3) is 5.96. The van der Waals surface area contributed by atoms with Crippen LogP contribution < -0.4 is 16.0 Å². The summed E-state index contributed by atoms with van der Waals surface area (Å²) in [6.07, 6.45) is -2.12. The van der Waals surface area contributed by atoms with E-state index in [1.54, 1.807) is 7.11 Å². The van der Waals surface area contributed by atoms with E-state index in [1.807, 2.05) is 0 Å². The lowest BCUT2D eigenvalue weighted by Crippen LogP contribution is -2.50. The number of carbonyl (C=O) groups is 1. The van der Waals surface area contributed by atoms with E-state index in [0.29, 0.717) is 19.4 Å². The van der Waals surface area contributed by atoms with Crippen LogP contribution in [-0.2, 0) is 15.7 Å². The quantitative estimate of drug-likeness (QED) is 0.604. The average Bonchev–Trinajstić information content (AvgIpc) is 2.59. The molecule has 0 saturated carbocycles. The van der Waals surface area contributed by atoms with E-state index in [-0.39, 0.29) is 37.4 Å². The molecule has 2 heterocycles. The number of alkyl halides is 3. The Balaban J connectivity index is 0.00000338. The molecular formula is C15H23ClF3N5O2. The molecule has 26 heavy (non-hydrogen) atoms. The third-order valence-electron chi connectivity index (χ3n) is 4.10. The van der Waals surface area contributed by atoms with Crippen LogP contribution in [-0.4, -0.2) is 55.8 Å². The van der Waals surface area contributed by atoms with Crippen LogP contribution in [0.25, 0.3) is 0 Å². The molecule has 1 aliphatic heterocycles. The van der Waals surface area contributed by atoms with Crippen molar-refractivity contribution in [3.63, 3.8) is 0 Å². The Kier molecular flexibility index (Phi) is 8.51. The average molecular weight is 398 g/mol. The second-order valence-corrected chi connectivity index (χ2v) is 5.91. The van der Waals surface area contributed by atoms with Crippen LogP contribution >= 0.6 is 12.4 Å². The number of carbonyl (C=O) groups excluding carboxylic acids is 1. The van der Waals surface area contributed by atoms with Crippen LogP contribution in [0.5, 0.6) is 0 Å². The summed E-state index contributed by atoms with van der Waals surface area (Å²) in [4.78, 5) is 19.6. The summed E-state index contributed by atoms with van der Waals surface area (Å²) in [7, 11) is 1.56. The maximum Gasteiger partial charge on any atom is 0.433 e. The second-order valence-electron chi connectivity index (χ2n) is 5.91. The molecule has 148 valence electrons. The predicted molar refractivity (Wildman–Crippen MR) is 92.2 cm³/mol. The Hall–Kier alpha value is -1.65. The Morgan fingerprint density at radius 1 is 1.35 bits per heavy atom. The number of anilines is 1. The summed E-state index contributed by atoms with van der Waals surface area (Å²) in [5.74, 6) is -0.236. The normalized spacial score (nSPS) is 16.5. The van der Waals surface area contributed by atoms with Crippen molar-refractivity contribution in [1.82, 2.24) is 20.6 Å². The summed E-state index contributed by atoms with van der Waals surface area (Å²) < 4.78 is 43.0. The topological polar surface area (TPSA) is 88.2 Å². The van der Waals surface area contributed by atoms with Gasteiger partial charge in [-0.25, -0.2) is 9.97 Å². The number of hydrogen-bond acceptors (Lipinski definition) is 6. The molecule has 1 aromatic rings. The summed E-state index contributed by atoms with van der Waals surface area (Å²) in [5, 5.41) is 8.69. The van der Waals surface area contributed by atoms with Gasteiger partial charge in [-0.3, -0.25) is 4.79 Å². The number of rotatable bonds is 7. The number of piperidine rings is 1. The van der Waals surface area contributed by atoms with Crippen LogP contribution in [0.4, 0.5) is 19.1 Å². The molecule has 1 aliphatic rings. The van der Waals surface area contributed by atoms with Gasteiger partial charge in [-0.2, -0.15) is 13.2 Å². The predicted octanol–water partition coefficient (Wildman–Crippen LogP) is 1.46. The maximum absolute atomic E-state index is 12.6. The minimum atomic E-state index is -4.52. The molecule has 0 atom stereocenters. The van der Waals surface area contributed by atoms with Crippen molar-refractivity contribution in [1.29, 1.82) is 0 Å². The van der Waals surface area contributed by atoms with E-state index >= 15 is 0 Å². The Labute approximate surface area is 155 Å². The van der Waals surface area contributed by atoms with Gasteiger partial charge < -0.3 is 20.7 Å². The summed E-state index contributed by atoms with van der Waals surface area (Å²) in [6, 6.07) is 0.804. The highest BCUT2D eigenvalue weighted by molar-refractivity contribution is 5.85. The van der Waals surface area contributed by atoms with Crippen molar-refractivity contribution in [3.8, 4) is 0 Å². The molecule has 7 nitrogen and oxygen atoms in total. The number of hydrogen-bond donors (Lipinski definition) is 3. The molecule has 1 saturated heterocycles. The van der Waals surface area contributed by atoms with E-state index in [0.717, 1.165) is 25.4 Å². The van der Waals surface area contributed by atoms with Crippen LogP contribution in [0.15, 0.2) is 12.3 Å². The third-order valence-corrected chi connectivity index (χ3v) is 4.10. The number of halogens is 4. The van der Waals surface area contributed by atoms with E-state index in [4.69, 9.17) is 4.74 Å². The molecule has 2 rings (SSSR count). The molecule has 1 aromatic heterocycles. The highest BCUT2D eigenvalue weighted by Gasteiger charge is 2.39. The van der Waals surface area contributed by atoms with Gasteiger partial charge in [0.05, 0.1) is 12.0 Å². The van der Waals surface area contributed by atoms with Crippen LogP contribution in [0.2, 0.25) is 0 Å². The Morgan fingerprint density at radius 2 is 2.04 bits per heavy atom. The van der Waals surface area contributed by atoms with Crippen LogP contribution in [0.3, 0.4) is 0 Å². The number of methoxy groups -OCH3 is 1. The van der Waals surface area contributed by atoms with Crippen molar-refractivity contribution in [2.45, 2.75) is 19.0 Å². The van der Waals surface area contributed by atoms with Crippen molar-refractivity contribution in [3.05, 3.63) is 18.0 Å². The molecule has 0 bridgehead atoms. The van der Waals surface area contributed by atoms with Crippen LogP contribution in [0.1, 0.15) is 18.5 Å². The van der Waals surface area contributed by atoms with Crippen molar-refractivity contribution < 1.29 is 22.7 Å². The van der Waals surface area contributed by atoms with Gasteiger partial charge in [0, 0.05) is 26.4 Å². The van der Waals surface area contributed by atoms with Crippen molar-refractivity contribution >= 4 is 24.3 Å². The zero-order valence-corrected chi connectivity index (χ0v) is 15.2. The van der Waals surface area contributed by atoms with E-state index in [2.05, 4.69) is 25.9 Å². The number of amides is 1. The van der Waals surface area contributed by atoms with Crippen molar-refractivity contribution in [2.75, 3.05) is 45.2 Å². The molecule has 0 unspecified atom stereocenters. The summed E-state index contributed by atoms with van der Waals surface area (Å²) >= 11 is 0. The first-order chi connectivity index (χ1) is 11.9. The summed E-state index contributed by atoms with van der Waals surface area (Å²) in [6.45, 7) is 2.29. The zero-order valence-electron chi connectivity index (χ0n) is 14.4. The molecule has 0 aliphatic carbocycles. The lowest BCUT2D eigenvalue weighted by Gasteiger charge is -2.35. The largest absolute Gasteiger partial charge is 0.433 e. The molecule has 3 N–H and O–H groups in total. The fourth-order valence-electron chi connectivity index (χ4n) is 2.76. The van der Waals surface area contributed by atoms with Gasteiger partial charge in [0.15, 0.2) is 0 Å². The first-order valence-electron chi connectivity index (χ1n) is 7.99. The van der Waals surface area contributed by atoms with Gasteiger partial charge in [0.1, 0.15) is 5.69 Å². The molecule has 0 aromatic carbocycles. The fourth-order valence-corrected chi connectivity index (χ4v) is 2.76. The number of aromatic nitrogens is 2. The monoisotopic (exact) mass is 397 g/mol. The molecule has 11 heteroatoms. The maximum atomic E-state index is 12.6. The van der Waals surface area contributed by atoms with Gasteiger partial charge in [-0.1, -0.05) is 0 Å². The number of ether oxygens (including phenoxy) is 1. The first kappa shape index (κ1) is 22.4. The van der Waals surface area contributed by atoms with Gasteiger partial charge >= 0.3 is 6.18 Å². The smallest absolute Gasteiger partial charge is 0.384 e. The standard InChI is InChI=1S/C15H22F3N5O2.ClH/c1-25-10-14(3-6-19-7-4-14)12(24)20-8-9-22-13-21-5-2-11(23-13)15(16,17)18;/h2,5,19H,3-4,6-10H2,1H3,(H,20,24)(H,21,22,23);1H. The summed E-state index contributed by atoms with van der Waals surface area (Å²) in [5.41, 5.74) is -1.57.